The maximum absolute atomic E-state index is 14.7. The van der Waals surface area contributed by atoms with Crippen molar-refractivity contribution in [2.45, 2.75) is 51.6 Å². The zero-order chi connectivity index (χ0) is 19.8. The second kappa shape index (κ2) is 7.59. The molecule has 6 nitrogen and oxygen atoms in total. The molecule has 0 aromatic carbocycles. The molecule has 0 N–H and O–H groups in total. The van der Waals surface area contributed by atoms with Crippen molar-refractivity contribution in [3.8, 4) is 0 Å². The SMILES string of the molecule is CCCOC(=O)Cc1c2c(n3c(F)cccc13)C(C)C(OS(C)(=O)=O)CC2. The van der Waals surface area contributed by atoms with Gasteiger partial charge in [-0.3, -0.25) is 13.4 Å². The lowest BCUT2D eigenvalue weighted by atomic mass is 9.84. The molecule has 0 saturated heterocycles. The van der Waals surface area contributed by atoms with Crippen molar-refractivity contribution in [2.24, 2.45) is 0 Å². The largest absolute Gasteiger partial charge is 0.465 e. The lowest BCUT2D eigenvalue weighted by Gasteiger charge is -2.29. The van der Waals surface area contributed by atoms with Crippen LogP contribution in [-0.4, -0.2) is 37.8 Å². The van der Waals surface area contributed by atoms with Crippen LogP contribution in [-0.2, 0) is 36.7 Å². The van der Waals surface area contributed by atoms with Gasteiger partial charge in [-0.1, -0.05) is 19.9 Å². The molecule has 0 aliphatic heterocycles. The van der Waals surface area contributed by atoms with Crippen LogP contribution in [0.3, 0.4) is 0 Å². The van der Waals surface area contributed by atoms with Crippen molar-refractivity contribution in [3.63, 3.8) is 0 Å². The molecule has 2 unspecified atom stereocenters. The maximum atomic E-state index is 14.7. The highest BCUT2D eigenvalue weighted by Gasteiger charge is 2.35. The first kappa shape index (κ1) is 19.8. The van der Waals surface area contributed by atoms with Crippen LogP contribution in [0.2, 0.25) is 0 Å². The van der Waals surface area contributed by atoms with Gasteiger partial charge in [0.2, 0.25) is 0 Å². The summed E-state index contributed by atoms with van der Waals surface area (Å²) in [6.07, 6.45) is 2.24. The molecule has 1 aliphatic rings. The fourth-order valence-corrected chi connectivity index (χ4v) is 4.55. The summed E-state index contributed by atoms with van der Waals surface area (Å²) >= 11 is 0. The molecule has 0 fully saturated rings. The second-order valence-electron chi connectivity index (χ2n) is 6.97. The highest BCUT2D eigenvalue weighted by atomic mass is 32.2. The molecule has 27 heavy (non-hydrogen) atoms. The van der Waals surface area contributed by atoms with E-state index in [0.29, 0.717) is 30.7 Å². The van der Waals surface area contributed by atoms with E-state index in [1.54, 1.807) is 12.1 Å². The Morgan fingerprint density at radius 1 is 1.37 bits per heavy atom. The van der Waals surface area contributed by atoms with Gasteiger partial charge in [-0.25, -0.2) is 0 Å². The Balaban J connectivity index is 2.07. The van der Waals surface area contributed by atoms with Gasteiger partial charge in [0.05, 0.1) is 30.9 Å². The van der Waals surface area contributed by atoms with E-state index in [2.05, 4.69) is 0 Å². The van der Waals surface area contributed by atoms with Crippen LogP contribution in [0.4, 0.5) is 4.39 Å². The van der Waals surface area contributed by atoms with E-state index in [4.69, 9.17) is 8.92 Å². The number of esters is 1. The average molecular weight is 397 g/mol. The third kappa shape index (κ3) is 4.01. The molecule has 2 aromatic heterocycles. The summed E-state index contributed by atoms with van der Waals surface area (Å²) in [5.41, 5.74) is 2.91. The summed E-state index contributed by atoms with van der Waals surface area (Å²) in [6.45, 7) is 4.09. The van der Waals surface area contributed by atoms with Crippen molar-refractivity contribution in [3.05, 3.63) is 41.0 Å². The van der Waals surface area contributed by atoms with Gasteiger partial charge in [0.1, 0.15) is 0 Å². The third-order valence-corrected chi connectivity index (χ3v) is 5.52. The number of carbonyl (C=O) groups excluding carboxylic acids is 1. The quantitative estimate of drug-likeness (QED) is 0.426. The number of aromatic nitrogens is 1. The molecule has 3 rings (SSSR count). The average Bonchev–Trinajstić information content (AvgIpc) is 2.90. The lowest BCUT2D eigenvalue weighted by Crippen LogP contribution is -2.29. The Hall–Kier alpha value is -1.93. The normalized spacial score (nSPS) is 19.9. The third-order valence-electron chi connectivity index (χ3n) is 4.92. The van der Waals surface area contributed by atoms with E-state index in [1.165, 1.54) is 10.5 Å². The topological polar surface area (TPSA) is 74.1 Å². The Labute approximate surface area is 158 Å². The minimum Gasteiger partial charge on any atom is -0.465 e. The van der Waals surface area contributed by atoms with Crippen LogP contribution in [0.25, 0.3) is 5.52 Å². The van der Waals surface area contributed by atoms with Crippen LogP contribution in [0.5, 0.6) is 0 Å². The zero-order valence-corrected chi connectivity index (χ0v) is 16.5. The first-order valence-corrected chi connectivity index (χ1v) is 10.9. The fourth-order valence-electron chi connectivity index (χ4n) is 3.84. The summed E-state index contributed by atoms with van der Waals surface area (Å²) in [7, 11) is -3.62. The standard InChI is InChI=1S/C19H24FNO5S/c1-4-10-25-18(22)11-14-13-8-9-16(26-27(3,23)24)12(2)19(13)21-15(14)6-5-7-17(21)20/h5-7,12,16H,4,8-11H2,1-3H3. The number of hydrogen-bond donors (Lipinski definition) is 0. The second-order valence-corrected chi connectivity index (χ2v) is 8.58. The van der Waals surface area contributed by atoms with Gasteiger partial charge in [-0.2, -0.15) is 12.8 Å². The first-order valence-electron chi connectivity index (χ1n) is 9.07. The molecule has 8 heteroatoms. The van der Waals surface area contributed by atoms with E-state index < -0.39 is 22.2 Å². The molecule has 2 aromatic rings. The Kier molecular flexibility index (Phi) is 5.58. The van der Waals surface area contributed by atoms with Crippen LogP contribution in [0, 0.1) is 5.95 Å². The molecule has 0 saturated carbocycles. The van der Waals surface area contributed by atoms with Crippen LogP contribution >= 0.6 is 0 Å². The molecule has 2 atom stereocenters. The van der Waals surface area contributed by atoms with Gasteiger partial charge in [-0.05, 0) is 42.5 Å². The van der Waals surface area contributed by atoms with Crippen molar-refractivity contribution in [1.82, 2.24) is 4.40 Å². The number of rotatable bonds is 6. The van der Waals surface area contributed by atoms with Crippen molar-refractivity contribution < 1.29 is 26.5 Å². The molecule has 0 bridgehead atoms. The van der Waals surface area contributed by atoms with Gasteiger partial charge in [-0.15, -0.1) is 0 Å². The first-order chi connectivity index (χ1) is 12.7. The highest BCUT2D eigenvalue weighted by Crippen LogP contribution is 2.39. The van der Waals surface area contributed by atoms with E-state index in [0.717, 1.165) is 23.8 Å². The summed E-state index contributed by atoms with van der Waals surface area (Å²) in [6, 6.07) is 4.72. The molecule has 0 radical (unpaired) electrons. The van der Waals surface area contributed by atoms with Crippen molar-refractivity contribution in [2.75, 3.05) is 12.9 Å². The molecule has 0 spiro atoms. The van der Waals surface area contributed by atoms with E-state index >= 15 is 0 Å². The van der Waals surface area contributed by atoms with Crippen LogP contribution in [0.1, 0.15) is 49.4 Å². The van der Waals surface area contributed by atoms with E-state index in [-0.39, 0.29) is 18.3 Å². The van der Waals surface area contributed by atoms with Crippen LogP contribution in [0.15, 0.2) is 18.2 Å². The number of nitrogens with zero attached hydrogens (tertiary/aromatic N) is 1. The van der Waals surface area contributed by atoms with Gasteiger partial charge >= 0.3 is 5.97 Å². The van der Waals surface area contributed by atoms with Crippen LogP contribution < -0.4 is 0 Å². The number of halogens is 1. The molecular formula is C19H24FNO5S. The van der Waals surface area contributed by atoms with E-state index in [1.807, 2.05) is 13.8 Å². The van der Waals surface area contributed by atoms with Gasteiger partial charge in [0, 0.05) is 11.6 Å². The van der Waals surface area contributed by atoms with Gasteiger partial charge in [0.25, 0.3) is 10.1 Å². The summed E-state index contributed by atoms with van der Waals surface area (Å²) in [5, 5.41) is 0. The maximum Gasteiger partial charge on any atom is 0.310 e. The Bertz CT molecular complexity index is 966. The van der Waals surface area contributed by atoms with Gasteiger partial charge < -0.3 is 4.74 Å². The van der Waals surface area contributed by atoms with E-state index in [9.17, 15) is 17.6 Å². The number of pyridine rings is 1. The van der Waals surface area contributed by atoms with Gasteiger partial charge in [0.15, 0.2) is 5.95 Å². The molecule has 1 aliphatic carbocycles. The summed E-state index contributed by atoms with van der Waals surface area (Å²) in [4.78, 5) is 12.2. The summed E-state index contributed by atoms with van der Waals surface area (Å²) < 4.78 is 49.7. The van der Waals surface area contributed by atoms with Crippen molar-refractivity contribution in [1.29, 1.82) is 0 Å². The highest BCUT2D eigenvalue weighted by molar-refractivity contribution is 7.86. The predicted molar refractivity (Wildman–Crippen MR) is 98.8 cm³/mol. The fraction of sp³-hybridized carbons (Fsp3) is 0.526. The number of fused-ring (bicyclic) bond motifs is 3. The monoisotopic (exact) mass is 397 g/mol. The number of hydrogen-bond acceptors (Lipinski definition) is 5. The minimum absolute atomic E-state index is 0.0621. The Morgan fingerprint density at radius 3 is 2.78 bits per heavy atom. The number of carbonyl (C=O) groups is 1. The predicted octanol–water partition coefficient (Wildman–Crippen LogP) is 2.97. The molecule has 2 heterocycles. The smallest absolute Gasteiger partial charge is 0.310 e. The molecule has 0 amide bonds. The summed E-state index contributed by atoms with van der Waals surface area (Å²) in [5.74, 6) is -1.14. The molecular weight excluding hydrogens is 373 g/mol. The van der Waals surface area contributed by atoms with Crippen molar-refractivity contribution >= 4 is 21.6 Å². The number of ether oxygens (including phenoxy) is 1. The zero-order valence-electron chi connectivity index (χ0n) is 15.7. The Morgan fingerprint density at radius 2 is 2.11 bits per heavy atom. The molecule has 148 valence electrons. The lowest BCUT2D eigenvalue weighted by molar-refractivity contribution is -0.142. The minimum atomic E-state index is -3.62.